The van der Waals surface area contributed by atoms with Gasteiger partial charge in [0.1, 0.15) is 12.4 Å². The molecule has 0 bridgehead atoms. The highest BCUT2D eigenvalue weighted by atomic mass is 32.2. The van der Waals surface area contributed by atoms with E-state index in [9.17, 15) is 8.42 Å². The van der Waals surface area contributed by atoms with Gasteiger partial charge in [-0.3, -0.25) is 0 Å². The highest BCUT2D eigenvalue weighted by Gasteiger charge is 2.19. The van der Waals surface area contributed by atoms with E-state index in [1.807, 2.05) is 0 Å². The molecule has 0 heterocycles. The number of ether oxygens (including phenoxy) is 1. The lowest BCUT2D eigenvalue weighted by Crippen LogP contribution is -2.34. The Kier molecular flexibility index (Phi) is 5.67. The van der Waals surface area contributed by atoms with E-state index in [0.29, 0.717) is 18.0 Å². The molecule has 0 aliphatic rings. The van der Waals surface area contributed by atoms with Gasteiger partial charge < -0.3 is 10.5 Å². The number of nitrogens with two attached hydrogens (primary N) is 1. The summed E-state index contributed by atoms with van der Waals surface area (Å²) in [7, 11) is -3.39. The number of benzene rings is 1. The second-order valence-electron chi connectivity index (χ2n) is 3.83. The maximum Gasteiger partial charge on any atom is 0.218 e. The zero-order valence-corrected chi connectivity index (χ0v) is 11.7. The molecule has 104 valence electrons. The summed E-state index contributed by atoms with van der Waals surface area (Å²) in [6.07, 6.45) is 5.14. The summed E-state index contributed by atoms with van der Waals surface area (Å²) in [5.41, 5.74) is 6.17. The molecule has 0 radical (unpaired) electrons. The van der Waals surface area contributed by atoms with Crippen LogP contribution in [-0.4, -0.2) is 38.2 Å². The second-order valence-corrected chi connectivity index (χ2v) is 5.92. The molecule has 1 rings (SSSR count). The topological polar surface area (TPSA) is 72.6 Å². The van der Waals surface area contributed by atoms with Crippen LogP contribution in [0.3, 0.4) is 0 Å². The van der Waals surface area contributed by atoms with Crippen LogP contribution in [0.4, 0.5) is 5.69 Å². The van der Waals surface area contributed by atoms with Gasteiger partial charge in [-0.25, -0.2) is 8.42 Å². The van der Waals surface area contributed by atoms with Crippen LogP contribution in [0.1, 0.15) is 6.92 Å². The average molecular weight is 282 g/mol. The van der Waals surface area contributed by atoms with E-state index in [-0.39, 0.29) is 18.9 Å². The molecule has 19 heavy (non-hydrogen) atoms. The standard InChI is InChI=1S/C13H18N2O3S/c1-3-9-15(4-2)19(16,17)11-10-18-13-8-6-5-7-12(13)14/h1,5-8H,4,9-11,14H2,2H3. The van der Waals surface area contributed by atoms with Crippen LogP contribution in [0.15, 0.2) is 24.3 Å². The predicted molar refractivity (Wildman–Crippen MR) is 76.2 cm³/mol. The molecule has 1 aromatic rings. The van der Waals surface area contributed by atoms with E-state index in [1.54, 1.807) is 31.2 Å². The molecule has 0 aliphatic carbocycles. The Labute approximate surface area is 114 Å². The van der Waals surface area contributed by atoms with Gasteiger partial charge in [-0.2, -0.15) is 4.31 Å². The average Bonchev–Trinajstić information content (AvgIpc) is 2.38. The number of nitrogen functional groups attached to an aromatic ring is 1. The summed E-state index contributed by atoms with van der Waals surface area (Å²) in [6, 6.07) is 6.95. The van der Waals surface area contributed by atoms with Gasteiger partial charge >= 0.3 is 0 Å². The van der Waals surface area contributed by atoms with Crippen LogP contribution in [-0.2, 0) is 10.0 Å². The first-order valence-corrected chi connectivity index (χ1v) is 7.50. The van der Waals surface area contributed by atoms with Crippen molar-refractivity contribution >= 4 is 15.7 Å². The molecule has 0 atom stereocenters. The first kappa shape index (κ1) is 15.3. The maximum absolute atomic E-state index is 11.9. The normalized spacial score (nSPS) is 11.2. The van der Waals surface area contributed by atoms with Crippen molar-refractivity contribution in [3.63, 3.8) is 0 Å². The van der Waals surface area contributed by atoms with Gasteiger partial charge in [0.25, 0.3) is 0 Å². The van der Waals surface area contributed by atoms with Gasteiger partial charge in [-0.05, 0) is 12.1 Å². The van der Waals surface area contributed by atoms with E-state index in [4.69, 9.17) is 16.9 Å². The Morgan fingerprint density at radius 3 is 2.68 bits per heavy atom. The molecule has 0 fully saturated rings. The lowest BCUT2D eigenvalue weighted by Gasteiger charge is -2.18. The lowest BCUT2D eigenvalue weighted by atomic mass is 10.3. The number of hydrogen-bond acceptors (Lipinski definition) is 4. The maximum atomic E-state index is 11.9. The minimum Gasteiger partial charge on any atom is -0.490 e. The fourth-order valence-corrected chi connectivity index (χ4v) is 2.72. The van der Waals surface area contributed by atoms with E-state index in [2.05, 4.69) is 5.92 Å². The third kappa shape index (κ3) is 4.47. The molecule has 0 aliphatic heterocycles. The van der Waals surface area contributed by atoms with Crippen molar-refractivity contribution in [2.45, 2.75) is 6.92 Å². The molecule has 2 N–H and O–H groups in total. The summed E-state index contributed by atoms with van der Waals surface area (Å²) >= 11 is 0. The Morgan fingerprint density at radius 2 is 2.11 bits per heavy atom. The van der Waals surface area contributed by atoms with Gasteiger partial charge in [0.2, 0.25) is 10.0 Å². The van der Waals surface area contributed by atoms with E-state index in [0.717, 1.165) is 0 Å². The summed E-state index contributed by atoms with van der Waals surface area (Å²) in [5, 5.41) is 0. The van der Waals surface area contributed by atoms with Crippen molar-refractivity contribution in [3.8, 4) is 18.1 Å². The first-order chi connectivity index (χ1) is 9.01. The number of sulfonamides is 1. The minimum absolute atomic E-state index is 0.0393. The van der Waals surface area contributed by atoms with Crippen molar-refractivity contribution in [2.75, 3.05) is 31.2 Å². The van der Waals surface area contributed by atoms with Crippen LogP contribution in [0.25, 0.3) is 0 Å². The highest BCUT2D eigenvalue weighted by molar-refractivity contribution is 7.89. The molecule has 6 heteroatoms. The zero-order valence-electron chi connectivity index (χ0n) is 10.9. The van der Waals surface area contributed by atoms with Crippen molar-refractivity contribution in [3.05, 3.63) is 24.3 Å². The Morgan fingerprint density at radius 1 is 1.42 bits per heavy atom. The third-order valence-electron chi connectivity index (χ3n) is 2.53. The van der Waals surface area contributed by atoms with Gasteiger partial charge in [-0.1, -0.05) is 25.0 Å². The van der Waals surface area contributed by atoms with Crippen LogP contribution >= 0.6 is 0 Å². The Bertz CT molecular complexity index is 549. The molecule has 0 aromatic heterocycles. The number of rotatable bonds is 7. The number of anilines is 1. The molecule has 0 amide bonds. The van der Waals surface area contributed by atoms with Gasteiger partial charge in [-0.15, -0.1) is 6.42 Å². The van der Waals surface area contributed by atoms with Crippen LogP contribution < -0.4 is 10.5 Å². The van der Waals surface area contributed by atoms with Gasteiger partial charge in [0.05, 0.1) is 18.0 Å². The van der Waals surface area contributed by atoms with E-state index < -0.39 is 10.0 Å². The predicted octanol–water partition coefficient (Wildman–Crippen LogP) is 0.933. The molecule has 0 spiro atoms. The minimum atomic E-state index is -3.39. The van der Waals surface area contributed by atoms with Crippen molar-refractivity contribution < 1.29 is 13.2 Å². The molecular weight excluding hydrogens is 264 g/mol. The fraction of sp³-hybridized carbons (Fsp3) is 0.385. The summed E-state index contributed by atoms with van der Waals surface area (Å²) < 4.78 is 30.5. The van der Waals surface area contributed by atoms with Crippen LogP contribution in [0.5, 0.6) is 5.75 Å². The van der Waals surface area contributed by atoms with Crippen LogP contribution in [0.2, 0.25) is 0 Å². The zero-order chi connectivity index (χ0) is 14.3. The summed E-state index contributed by atoms with van der Waals surface area (Å²) in [4.78, 5) is 0. The number of nitrogens with zero attached hydrogens (tertiary/aromatic N) is 1. The molecule has 0 saturated heterocycles. The summed E-state index contributed by atoms with van der Waals surface area (Å²) in [5.74, 6) is 2.68. The third-order valence-corrected chi connectivity index (χ3v) is 4.39. The highest BCUT2D eigenvalue weighted by Crippen LogP contribution is 2.19. The van der Waals surface area contributed by atoms with Gasteiger partial charge in [0.15, 0.2) is 0 Å². The van der Waals surface area contributed by atoms with Gasteiger partial charge in [0, 0.05) is 6.54 Å². The molecule has 1 aromatic carbocycles. The summed E-state index contributed by atoms with van der Waals surface area (Å²) in [6.45, 7) is 2.20. The molecule has 0 saturated carbocycles. The fourth-order valence-electron chi connectivity index (χ4n) is 1.51. The monoisotopic (exact) mass is 282 g/mol. The molecular formula is C13H18N2O3S. The number of terminal acetylenes is 1. The number of para-hydroxylation sites is 2. The quantitative estimate of drug-likeness (QED) is 0.596. The SMILES string of the molecule is C#CCN(CC)S(=O)(=O)CCOc1ccccc1N. The van der Waals surface area contributed by atoms with Crippen LogP contribution in [0, 0.1) is 12.3 Å². The van der Waals surface area contributed by atoms with Crippen molar-refractivity contribution in [1.29, 1.82) is 0 Å². The Hall–Kier alpha value is -1.71. The van der Waals surface area contributed by atoms with E-state index >= 15 is 0 Å². The van der Waals surface area contributed by atoms with Crippen molar-refractivity contribution in [2.24, 2.45) is 0 Å². The molecule has 5 nitrogen and oxygen atoms in total. The van der Waals surface area contributed by atoms with E-state index in [1.165, 1.54) is 4.31 Å². The largest absolute Gasteiger partial charge is 0.490 e. The lowest BCUT2D eigenvalue weighted by molar-refractivity contribution is 0.338. The second kappa shape index (κ2) is 7.02. The molecule has 0 unspecified atom stereocenters. The first-order valence-electron chi connectivity index (χ1n) is 5.90. The van der Waals surface area contributed by atoms with Crippen molar-refractivity contribution in [1.82, 2.24) is 4.31 Å². The smallest absolute Gasteiger partial charge is 0.218 e. The number of hydrogen-bond donors (Lipinski definition) is 1. The Balaban J connectivity index is 2.57.